The molecule has 2 heterocycles. The van der Waals surface area contributed by atoms with Gasteiger partial charge in [0.15, 0.2) is 0 Å². The number of amides is 1. The predicted molar refractivity (Wildman–Crippen MR) is 70.3 cm³/mol. The average Bonchev–Trinajstić information content (AvgIpc) is 2.87. The standard InChI is InChI=1S/C15H17NO2/c1-18-14-7-3-2-6-13(14)11-9-12-5-4-8-16(12)15(17)10-11/h2-3,6-7,10,12H,4-5,8-9H2,1H3/t12-/m0/s1. The first-order valence-electron chi connectivity index (χ1n) is 6.44. The molecule has 1 aromatic carbocycles. The second-order valence-electron chi connectivity index (χ2n) is 4.90. The molecule has 0 radical (unpaired) electrons. The summed E-state index contributed by atoms with van der Waals surface area (Å²) < 4.78 is 5.38. The zero-order valence-electron chi connectivity index (χ0n) is 10.6. The molecular formula is C15H17NO2. The maximum Gasteiger partial charge on any atom is 0.247 e. The molecule has 0 aliphatic carbocycles. The number of methoxy groups -OCH3 is 1. The number of fused-ring (bicyclic) bond motifs is 1. The Morgan fingerprint density at radius 1 is 1.33 bits per heavy atom. The summed E-state index contributed by atoms with van der Waals surface area (Å²) in [5, 5.41) is 0. The summed E-state index contributed by atoms with van der Waals surface area (Å²) in [6.45, 7) is 0.916. The molecule has 94 valence electrons. The van der Waals surface area contributed by atoms with Crippen LogP contribution < -0.4 is 4.74 Å². The second-order valence-corrected chi connectivity index (χ2v) is 4.90. The van der Waals surface area contributed by atoms with Crippen molar-refractivity contribution in [3.63, 3.8) is 0 Å². The summed E-state index contributed by atoms with van der Waals surface area (Å²) in [7, 11) is 1.67. The van der Waals surface area contributed by atoms with Crippen molar-refractivity contribution in [3.05, 3.63) is 35.9 Å². The van der Waals surface area contributed by atoms with Gasteiger partial charge in [-0.1, -0.05) is 18.2 Å². The molecule has 0 bridgehead atoms. The van der Waals surface area contributed by atoms with Gasteiger partial charge in [0.1, 0.15) is 5.75 Å². The quantitative estimate of drug-likeness (QED) is 0.798. The monoisotopic (exact) mass is 243 g/mol. The second kappa shape index (κ2) is 4.48. The summed E-state index contributed by atoms with van der Waals surface area (Å²) >= 11 is 0. The lowest BCUT2D eigenvalue weighted by molar-refractivity contribution is -0.127. The van der Waals surface area contributed by atoms with E-state index in [0.29, 0.717) is 6.04 Å². The van der Waals surface area contributed by atoms with Crippen molar-refractivity contribution >= 4 is 11.5 Å². The number of hydrogen-bond acceptors (Lipinski definition) is 2. The number of hydrogen-bond donors (Lipinski definition) is 0. The van der Waals surface area contributed by atoms with E-state index in [0.717, 1.165) is 42.7 Å². The Hall–Kier alpha value is -1.77. The van der Waals surface area contributed by atoms with E-state index in [4.69, 9.17) is 4.74 Å². The van der Waals surface area contributed by atoms with Crippen LogP contribution in [0.4, 0.5) is 0 Å². The molecule has 1 amide bonds. The molecule has 1 saturated heterocycles. The Labute approximate surface area is 107 Å². The van der Waals surface area contributed by atoms with Crippen LogP contribution in [0.3, 0.4) is 0 Å². The van der Waals surface area contributed by atoms with E-state index in [1.807, 2.05) is 29.2 Å². The minimum absolute atomic E-state index is 0.157. The van der Waals surface area contributed by atoms with Crippen LogP contribution >= 0.6 is 0 Å². The number of para-hydroxylation sites is 1. The minimum atomic E-state index is 0.157. The molecular weight excluding hydrogens is 226 g/mol. The van der Waals surface area contributed by atoms with Gasteiger partial charge in [0.2, 0.25) is 5.91 Å². The van der Waals surface area contributed by atoms with Crippen LogP contribution in [0.15, 0.2) is 30.3 Å². The van der Waals surface area contributed by atoms with E-state index in [1.54, 1.807) is 13.2 Å². The minimum Gasteiger partial charge on any atom is -0.496 e. The molecule has 2 aliphatic rings. The lowest BCUT2D eigenvalue weighted by Crippen LogP contribution is -2.37. The van der Waals surface area contributed by atoms with E-state index >= 15 is 0 Å². The number of carbonyl (C=O) groups excluding carboxylic acids is 1. The molecule has 3 rings (SSSR count). The zero-order valence-corrected chi connectivity index (χ0v) is 10.6. The summed E-state index contributed by atoms with van der Waals surface area (Å²) in [4.78, 5) is 14.1. The number of ether oxygens (including phenoxy) is 1. The summed E-state index contributed by atoms with van der Waals surface area (Å²) in [6, 6.07) is 8.31. The smallest absolute Gasteiger partial charge is 0.247 e. The number of rotatable bonds is 2. The number of benzene rings is 1. The van der Waals surface area contributed by atoms with Crippen LogP contribution in [0.2, 0.25) is 0 Å². The summed E-state index contributed by atoms with van der Waals surface area (Å²) in [5.41, 5.74) is 2.17. The molecule has 18 heavy (non-hydrogen) atoms. The van der Waals surface area contributed by atoms with Crippen LogP contribution in [-0.4, -0.2) is 30.5 Å². The van der Waals surface area contributed by atoms with Crippen molar-refractivity contribution < 1.29 is 9.53 Å². The highest BCUT2D eigenvalue weighted by molar-refractivity contribution is 5.98. The van der Waals surface area contributed by atoms with Crippen molar-refractivity contribution in [2.75, 3.05) is 13.7 Å². The van der Waals surface area contributed by atoms with Crippen LogP contribution in [0, 0.1) is 0 Å². The molecule has 1 atom stereocenters. The van der Waals surface area contributed by atoms with E-state index in [9.17, 15) is 4.79 Å². The van der Waals surface area contributed by atoms with Gasteiger partial charge in [0.25, 0.3) is 0 Å². The third-order valence-corrected chi connectivity index (χ3v) is 3.87. The molecule has 3 nitrogen and oxygen atoms in total. The van der Waals surface area contributed by atoms with Crippen molar-refractivity contribution in [3.8, 4) is 5.75 Å². The van der Waals surface area contributed by atoms with Gasteiger partial charge in [0, 0.05) is 24.2 Å². The third kappa shape index (κ3) is 1.80. The lowest BCUT2D eigenvalue weighted by Gasteiger charge is -2.29. The maximum atomic E-state index is 12.1. The van der Waals surface area contributed by atoms with Gasteiger partial charge in [0.05, 0.1) is 7.11 Å². The molecule has 1 fully saturated rings. The first kappa shape index (κ1) is 11.3. The molecule has 1 aromatic rings. The Balaban J connectivity index is 1.97. The first-order valence-corrected chi connectivity index (χ1v) is 6.44. The van der Waals surface area contributed by atoms with Gasteiger partial charge in [-0.2, -0.15) is 0 Å². The molecule has 0 unspecified atom stereocenters. The van der Waals surface area contributed by atoms with Crippen LogP contribution in [-0.2, 0) is 4.79 Å². The van der Waals surface area contributed by atoms with Crippen molar-refractivity contribution in [2.45, 2.75) is 25.3 Å². The fraction of sp³-hybridized carbons (Fsp3) is 0.400. The fourth-order valence-electron chi connectivity index (χ4n) is 2.98. The van der Waals surface area contributed by atoms with E-state index in [-0.39, 0.29) is 5.91 Å². The SMILES string of the molecule is COc1ccccc1C1=CC(=O)N2CCC[C@H]2C1. The van der Waals surface area contributed by atoms with E-state index < -0.39 is 0 Å². The third-order valence-electron chi connectivity index (χ3n) is 3.87. The van der Waals surface area contributed by atoms with Crippen molar-refractivity contribution in [1.82, 2.24) is 4.90 Å². The van der Waals surface area contributed by atoms with E-state index in [1.165, 1.54) is 0 Å². The summed E-state index contributed by atoms with van der Waals surface area (Å²) in [6.07, 6.45) is 4.98. The molecule has 2 aliphatic heterocycles. The topological polar surface area (TPSA) is 29.5 Å². The molecule has 0 aromatic heterocycles. The van der Waals surface area contributed by atoms with Gasteiger partial charge in [-0.05, 0) is 30.9 Å². The van der Waals surface area contributed by atoms with Crippen molar-refractivity contribution in [1.29, 1.82) is 0 Å². The molecule has 0 saturated carbocycles. The van der Waals surface area contributed by atoms with Gasteiger partial charge in [-0.25, -0.2) is 0 Å². The average molecular weight is 243 g/mol. The number of carbonyl (C=O) groups is 1. The van der Waals surface area contributed by atoms with Crippen molar-refractivity contribution in [2.24, 2.45) is 0 Å². The first-order chi connectivity index (χ1) is 8.79. The summed E-state index contributed by atoms with van der Waals surface area (Å²) in [5.74, 6) is 1.01. The fourth-order valence-corrected chi connectivity index (χ4v) is 2.98. The molecule has 0 N–H and O–H groups in total. The highest BCUT2D eigenvalue weighted by Crippen LogP contribution is 2.36. The van der Waals surface area contributed by atoms with E-state index in [2.05, 4.69) is 0 Å². The zero-order chi connectivity index (χ0) is 12.5. The molecule has 0 spiro atoms. The normalized spacial score (nSPS) is 22.7. The van der Waals surface area contributed by atoms with Gasteiger partial charge in [-0.15, -0.1) is 0 Å². The van der Waals surface area contributed by atoms with Crippen LogP contribution in [0.1, 0.15) is 24.8 Å². The Morgan fingerprint density at radius 3 is 3.00 bits per heavy atom. The van der Waals surface area contributed by atoms with Crippen LogP contribution in [0.25, 0.3) is 5.57 Å². The largest absolute Gasteiger partial charge is 0.496 e. The number of nitrogens with zero attached hydrogens (tertiary/aromatic N) is 1. The van der Waals surface area contributed by atoms with Gasteiger partial charge in [-0.3, -0.25) is 4.79 Å². The van der Waals surface area contributed by atoms with Gasteiger partial charge < -0.3 is 9.64 Å². The Kier molecular flexibility index (Phi) is 2.82. The van der Waals surface area contributed by atoms with Gasteiger partial charge >= 0.3 is 0 Å². The van der Waals surface area contributed by atoms with Crippen LogP contribution in [0.5, 0.6) is 5.75 Å². The molecule has 3 heteroatoms. The predicted octanol–water partition coefficient (Wildman–Crippen LogP) is 2.47. The highest BCUT2D eigenvalue weighted by Gasteiger charge is 2.32. The lowest BCUT2D eigenvalue weighted by atomic mass is 9.93. The highest BCUT2D eigenvalue weighted by atomic mass is 16.5. The Morgan fingerprint density at radius 2 is 2.17 bits per heavy atom. The maximum absolute atomic E-state index is 12.1. The Bertz CT molecular complexity index is 507.